The summed E-state index contributed by atoms with van der Waals surface area (Å²) in [4.78, 5) is 27.5. The standard InChI is InChI=1S/C31H32N2O8/c1-37-23-13-9-21(10-14-23)31(20-7-5-4-6-8-20,22-11-15-24(38-2)16-12-22)40-19-25-27(35)28(39-3)29(41-25)33-26(34)17-18-32-30(33)36/h4-18,25,27-29,35H,19H2,1-3H3,(H,32,36)/t25-,27?,28+,29-/m1/s1. The van der Waals surface area contributed by atoms with Crippen molar-refractivity contribution in [1.29, 1.82) is 0 Å². The van der Waals surface area contributed by atoms with Gasteiger partial charge in [0.05, 0.1) is 20.8 Å². The van der Waals surface area contributed by atoms with E-state index >= 15 is 0 Å². The minimum Gasteiger partial charge on any atom is -0.497 e. The summed E-state index contributed by atoms with van der Waals surface area (Å²) >= 11 is 0. The Labute approximate surface area is 236 Å². The zero-order valence-electron chi connectivity index (χ0n) is 22.9. The minimum atomic E-state index is -1.20. The molecule has 0 saturated carbocycles. The number of aliphatic hydroxyl groups is 1. The fourth-order valence-electron chi connectivity index (χ4n) is 5.28. The van der Waals surface area contributed by atoms with Crippen LogP contribution in [0.25, 0.3) is 0 Å². The van der Waals surface area contributed by atoms with Crippen molar-refractivity contribution in [2.45, 2.75) is 30.1 Å². The van der Waals surface area contributed by atoms with Crippen LogP contribution >= 0.6 is 0 Å². The molecule has 4 atom stereocenters. The van der Waals surface area contributed by atoms with Gasteiger partial charge in [0.1, 0.15) is 35.4 Å². The molecule has 0 radical (unpaired) electrons. The molecule has 4 aromatic rings. The molecule has 1 unspecified atom stereocenters. The van der Waals surface area contributed by atoms with Crippen LogP contribution in [0.5, 0.6) is 11.5 Å². The van der Waals surface area contributed by atoms with Crippen LogP contribution in [0, 0.1) is 0 Å². The second-order valence-corrected chi connectivity index (χ2v) is 9.56. The molecule has 1 fully saturated rings. The van der Waals surface area contributed by atoms with Crippen LogP contribution in [0.1, 0.15) is 22.9 Å². The van der Waals surface area contributed by atoms with E-state index in [1.54, 1.807) is 14.2 Å². The number of nitrogens with one attached hydrogen (secondary N) is 1. The van der Waals surface area contributed by atoms with Crippen molar-refractivity contribution < 1.29 is 28.8 Å². The molecule has 0 spiro atoms. The summed E-state index contributed by atoms with van der Waals surface area (Å²) in [5, 5.41) is 11.2. The van der Waals surface area contributed by atoms with Gasteiger partial charge in [0, 0.05) is 19.4 Å². The average Bonchev–Trinajstić information content (AvgIpc) is 3.32. The third kappa shape index (κ3) is 5.30. The molecule has 41 heavy (non-hydrogen) atoms. The second kappa shape index (κ2) is 12.1. The van der Waals surface area contributed by atoms with Gasteiger partial charge in [-0.2, -0.15) is 0 Å². The number of methoxy groups -OCH3 is 3. The molecule has 1 aliphatic heterocycles. The Morgan fingerprint density at radius 1 is 0.829 bits per heavy atom. The first-order valence-electron chi connectivity index (χ1n) is 13.1. The molecule has 0 bridgehead atoms. The number of aromatic amines is 1. The van der Waals surface area contributed by atoms with Gasteiger partial charge in [-0.3, -0.25) is 4.79 Å². The zero-order chi connectivity index (χ0) is 29.0. The van der Waals surface area contributed by atoms with E-state index in [1.807, 2.05) is 78.9 Å². The maximum atomic E-state index is 12.6. The summed E-state index contributed by atoms with van der Waals surface area (Å²) in [6, 6.07) is 26.0. The van der Waals surface area contributed by atoms with Gasteiger partial charge in [-0.15, -0.1) is 0 Å². The first kappa shape index (κ1) is 28.3. The molecule has 5 rings (SSSR count). The number of hydrogen-bond acceptors (Lipinski definition) is 8. The van der Waals surface area contributed by atoms with E-state index in [9.17, 15) is 14.7 Å². The smallest absolute Gasteiger partial charge is 0.330 e. The van der Waals surface area contributed by atoms with E-state index < -0.39 is 41.4 Å². The minimum absolute atomic E-state index is 0.107. The number of hydrogen-bond donors (Lipinski definition) is 2. The van der Waals surface area contributed by atoms with E-state index in [2.05, 4.69) is 4.98 Å². The van der Waals surface area contributed by atoms with Crippen molar-refractivity contribution >= 4 is 0 Å². The monoisotopic (exact) mass is 560 g/mol. The van der Waals surface area contributed by atoms with Crippen LogP contribution in [0.15, 0.2) is 101 Å². The molecule has 2 heterocycles. The quantitative estimate of drug-likeness (QED) is 0.284. The number of H-pyrrole nitrogens is 1. The zero-order valence-corrected chi connectivity index (χ0v) is 22.9. The summed E-state index contributed by atoms with van der Waals surface area (Å²) in [7, 11) is 4.59. The Hall–Kier alpha value is -4.22. The maximum absolute atomic E-state index is 12.6. The molecule has 1 aliphatic rings. The molecule has 0 amide bonds. The molecule has 0 aliphatic carbocycles. The molecule has 2 N–H and O–H groups in total. The van der Waals surface area contributed by atoms with Gasteiger partial charge in [-0.25, -0.2) is 9.36 Å². The van der Waals surface area contributed by atoms with Crippen molar-refractivity contribution in [2.24, 2.45) is 0 Å². The van der Waals surface area contributed by atoms with Crippen molar-refractivity contribution in [3.63, 3.8) is 0 Å². The molecule has 10 heteroatoms. The Morgan fingerprint density at radius 3 is 1.90 bits per heavy atom. The largest absolute Gasteiger partial charge is 0.497 e. The Morgan fingerprint density at radius 2 is 1.39 bits per heavy atom. The highest BCUT2D eigenvalue weighted by atomic mass is 16.6. The lowest BCUT2D eigenvalue weighted by Crippen LogP contribution is -2.43. The number of aliphatic hydroxyl groups excluding tert-OH is 1. The van der Waals surface area contributed by atoms with Gasteiger partial charge in [-0.05, 0) is 41.0 Å². The molecular formula is C31H32N2O8. The predicted molar refractivity (Wildman–Crippen MR) is 150 cm³/mol. The lowest BCUT2D eigenvalue weighted by Gasteiger charge is -2.37. The summed E-state index contributed by atoms with van der Waals surface area (Å²) in [5.74, 6) is 1.37. The molecule has 3 aromatic carbocycles. The third-order valence-electron chi connectivity index (χ3n) is 7.37. The van der Waals surface area contributed by atoms with Crippen molar-refractivity contribution in [1.82, 2.24) is 9.55 Å². The van der Waals surface area contributed by atoms with Gasteiger partial charge in [-0.1, -0.05) is 54.6 Å². The van der Waals surface area contributed by atoms with Crippen molar-refractivity contribution in [3.8, 4) is 11.5 Å². The van der Waals surface area contributed by atoms with Gasteiger partial charge in [0.15, 0.2) is 6.23 Å². The number of rotatable bonds is 10. The second-order valence-electron chi connectivity index (χ2n) is 9.56. The first-order chi connectivity index (χ1) is 19.9. The van der Waals surface area contributed by atoms with E-state index in [0.717, 1.165) is 21.3 Å². The van der Waals surface area contributed by atoms with Crippen LogP contribution < -0.4 is 20.7 Å². The molecule has 214 valence electrons. The summed E-state index contributed by atoms with van der Waals surface area (Å²) in [6.45, 7) is -0.107. The Kier molecular flexibility index (Phi) is 8.36. The molecule has 10 nitrogen and oxygen atoms in total. The van der Waals surface area contributed by atoms with Gasteiger partial charge in [0.2, 0.25) is 0 Å². The fraction of sp³-hybridized carbons (Fsp3) is 0.290. The van der Waals surface area contributed by atoms with E-state index in [4.69, 9.17) is 23.7 Å². The van der Waals surface area contributed by atoms with Crippen LogP contribution in [-0.4, -0.2) is 60.9 Å². The SMILES string of the molecule is COc1ccc(C(OC[C@H]2O[C@@H](n3c(=O)cc[nH]c3=O)[C@@H](OC)C2O)(c2ccccc2)c2ccc(OC)cc2)cc1. The predicted octanol–water partition coefficient (Wildman–Crippen LogP) is 2.84. The van der Waals surface area contributed by atoms with E-state index in [-0.39, 0.29) is 6.61 Å². The Bertz CT molecular complexity index is 1470. The van der Waals surface area contributed by atoms with Crippen LogP contribution in [0.2, 0.25) is 0 Å². The highest BCUT2D eigenvalue weighted by molar-refractivity contribution is 5.49. The van der Waals surface area contributed by atoms with Gasteiger partial charge in [0.25, 0.3) is 5.56 Å². The van der Waals surface area contributed by atoms with Gasteiger partial charge < -0.3 is 33.8 Å². The lowest BCUT2D eigenvalue weighted by atomic mass is 9.80. The Balaban J connectivity index is 1.58. The van der Waals surface area contributed by atoms with Crippen LogP contribution in [0.3, 0.4) is 0 Å². The molecular weight excluding hydrogens is 528 g/mol. The van der Waals surface area contributed by atoms with Crippen molar-refractivity contribution in [3.05, 3.63) is 129 Å². The fourth-order valence-corrected chi connectivity index (χ4v) is 5.28. The van der Waals surface area contributed by atoms with E-state index in [0.29, 0.717) is 11.5 Å². The highest BCUT2D eigenvalue weighted by Crippen LogP contribution is 2.42. The summed E-state index contributed by atoms with van der Waals surface area (Å²) in [6.07, 6.45) is -3.02. The van der Waals surface area contributed by atoms with Crippen molar-refractivity contribution in [2.75, 3.05) is 27.9 Å². The number of benzene rings is 3. The number of nitrogens with zero attached hydrogens (tertiary/aromatic N) is 1. The van der Waals surface area contributed by atoms with Crippen LogP contribution in [-0.2, 0) is 19.8 Å². The third-order valence-corrected chi connectivity index (χ3v) is 7.37. The first-order valence-corrected chi connectivity index (χ1v) is 13.1. The molecule has 1 aromatic heterocycles. The summed E-state index contributed by atoms with van der Waals surface area (Å²) < 4.78 is 30.1. The lowest BCUT2D eigenvalue weighted by molar-refractivity contribution is -0.0974. The molecule has 1 saturated heterocycles. The van der Waals surface area contributed by atoms with E-state index in [1.165, 1.54) is 19.4 Å². The maximum Gasteiger partial charge on any atom is 0.330 e. The van der Waals surface area contributed by atoms with Gasteiger partial charge >= 0.3 is 5.69 Å². The average molecular weight is 561 g/mol. The normalized spacial score (nSPS) is 20.6. The topological polar surface area (TPSA) is 121 Å². The number of aromatic nitrogens is 2. The highest BCUT2D eigenvalue weighted by Gasteiger charge is 2.48. The summed E-state index contributed by atoms with van der Waals surface area (Å²) in [5.41, 5.74) is 0.0387. The van der Waals surface area contributed by atoms with Crippen LogP contribution in [0.4, 0.5) is 0 Å². The number of ether oxygens (including phenoxy) is 5.